The molecule has 2 aromatic carbocycles. The summed E-state index contributed by atoms with van der Waals surface area (Å²) >= 11 is 0. The predicted molar refractivity (Wildman–Crippen MR) is 69.6 cm³/mol. The Bertz CT molecular complexity index is 554. The Balaban J connectivity index is 0.00000120. The van der Waals surface area contributed by atoms with Crippen molar-refractivity contribution < 1.29 is 34.3 Å². The molecule has 3 heteroatoms. The SMILES string of the molecule is CCCc1ccc2c(c1)Oc1ccccc1[N-]2.[Na+]. The molecule has 0 saturated heterocycles. The van der Waals surface area contributed by atoms with Gasteiger partial charge in [0, 0.05) is 0 Å². The third kappa shape index (κ3) is 2.56. The Morgan fingerprint density at radius 3 is 2.61 bits per heavy atom. The van der Waals surface area contributed by atoms with Crippen molar-refractivity contribution in [3.63, 3.8) is 0 Å². The van der Waals surface area contributed by atoms with Crippen LogP contribution in [0.3, 0.4) is 0 Å². The summed E-state index contributed by atoms with van der Waals surface area (Å²) in [7, 11) is 0. The van der Waals surface area contributed by atoms with Gasteiger partial charge in [0.05, 0.1) is 0 Å². The third-order valence-electron chi connectivity index (χ3n) is 2.89. The molecule has 86 valence electrons. The molecule has 0 spiro atoms. The van der Waals surface area contributed by atoms with Crippen LogP contribution in [0.15, 0.2) is 42.5 Å². The van der Waals surface area contributed by atoms with E-state index in [4.69, 9.17) is 4.74 Å². The molecule has 2 aromatic rings. The van der Waals surface area contributed by atoms with Gasteiger partial charge in [-0.05, 0) is 24.1 Å². The van der Waals surface area contributed by atoms with Gasteiger partial charge < -0.3 is 10.1 Å². The molecule has 0 unspecified atom stereocenters. The molecule has 1 aliphatic rings. The average molecular weight is 247 g/mol. The van der Waals surface area contributed by atoms with Crippen molar-refractivity contribution in [2.45, 2.75) is 19.8 Å². The number of aryl methyl sites for hydroxylation is 1. The largest absolute Gasteiger partial charge is 1.00 e. The van der Waals surface area contributed by atoms with Crippen LogP contribution in [-0.4, -0.2) is 0 Å². The van der Waals surface area contributed by atoms with Crippen molar-refractivity contribution in [3.05, 3.63) is 53.3 Å². The minimum absolute atomic E-state index is 0. The first-order valence-electron chi connectivity index (χ1n) is 5.98. The minimum Gasteiger partial charge on any atom is -0.652 e. The van der Waals surface area contributed by atoms with Crippen LogP contribution < -0.4 is 34.3 Å². The van der Waals surface area contributed by atoms with Crippen molar-refractivity contribution in [2.75, 3.05) is 0 Å². The molecule has 0 amide bonds. The molecule has 18 heavy (non-hydrogen) atoms. The van der Waals surface area contributed by atoms with Gasteiger partial charge in [-0.25, -0.2) is 0 Å². The number of hydrogen-bond donors (Lipinski definition) is 0. The summed E-state index contributed by atoms with van der Waals surface area (Å²) in [6, 6.07) is 14.1. The van der Waals surface area contributed by atoms with Crippen molar-refractivity contribution in [3.8, 4) is 11.5 Å². The van der Waals surface area contributed by atoms with E-state index >= 15 is 0 Å². The molecule has 0 bridgehead atoms. The van der Waals surface area contributed by atoms with E-state index in [1.807, 2.05) is 30.3 Å². The first kappa shape index (κ1) is 13.5. The topological polar surface area (TPSA) is 23.3 Å². The zero-order valence-corrected chi connectivity index (χ0v) is 12.8. The Kier molecular flexibility index (Phi) is 4.33. The number of para-hydroxylation sites is 2. The van der Waals surface area contributed by atoms with Gasteiger partial charge in [-0.3, -0.25) is 0 Å². The Morgan fingerprint density at radius 1 is 1.00 bits per heavy atom. The molecule has 0 aromatic heterocycles. The van der Waals surface area contributed by atoms with Gasteiger partial charge >= 0.3 is 29.6 Å². The van der Waals surface area contributed by atoms with E-state index in [0.717, 1.165) is 35.7 Å². The summed E-state index contributed by atoms with van der Waals surface area (Å²) in [5.74, 6) is 1.71. The van der Waals surface area contributed by atoms with Crippen LogP contribution in [0.1, 0.15) is 18.9 Å². The molecule has 0 radical (unpaired) electrons. The fourth-order valence-corrected chi connectivity index (χ4v) is 2.06. The summed E-state index contributed by atoms with van der Waals surface area (Å²) in [4.78, 5) is 0. The number of ether oxygens (including phenoxy) is 1. The molecule has 0 fully saturated rings. The molecule has 1 heterocycles. The first-order chi connectivity index (χ1) is 8.36. The second-order valence-electron chi connectivity index (χ2n) is 4.23. The molecule has 2 nitrogen and oxygen atoms in total. The summed E-state index contributed by atoms with van der Waals surface area (Å²) < 4.78 is 5.87. The Hall–Kier alpha value is -0.960. The van der Waals surface area contributed by atoms with E-state index in [9.17, 15) is 0 Å². The second kappa shape index (κ2) is 5.79. The van der Waals surface area contributed by atoms with Crippen LogP contribution in [-0.2, 0) is 6.42 Å². The minimum atomic E-state index is 0. The average Bonchev–Trinajstić information content (AvgIpc) is 2.36. The van der Waals surface area contributed by atoms with Crippen molar-refractivity contribution in [2.24, 2.45) is 0 Å². The molecule has 1 aliphatic heterocycles. The van der Waals surface area contributed by atoms with E-state index in [1.165, 1.54) is 5.56 Å². The van der Waals surface area contributed by atoms with Crippen LogP contribution in [0.2, 0.25) is 0 Å². The number of nitrogens with zero attached hydrogens (tertiary/aromatic N) is 1. The second-order valence-corrected chi connectivity index (χ2v) is 4.23. The number of rotatable bonds is 2. The van der Waals surface area contributed by atoms with E-state index in [-0.39, 0.29) is 29.6 Å². The standard InChI is InChI=1S/C15H14NO.Na/c1-2-5-11-8-9-13-15(10-11)17-14-7-4-3-6-12(14)16-13;/h3-4,6-10H,2,5H2,1H3;/q-1;+1. The van der Waals surface area contributed by atoms with Crippen LogP contribution in [0.4, 0.5) is 11.4 Å². The predicted octanol–water partition coefficient (Wildman–Crippen LogP) is 2.09. The van der Waals surface area contributed by atoms with Crippen LogP contribution >= 0.6 is 0 Å². The molecular weight excluding hydrogens is 233 g/mol. The molecule has 0 atom stereocenters. The fraction of sp³-hybridized carbons (Fsp3) is 0.200. The van der Waals surface area contributed by atoms with Crippen molar-refractivity contribution in [1.29, 1.82) is 0 Å². The molecule has 3 rings (SSSR count). The Morgan fingerprint density at radius 2 is 1.78 bits per heavy atom. The van der Waals surface area contributed by atoms with Gasteiger partial charge in [-0.2, -0.15) is 0 Å². The summed E-state index contributed by atoms with van der Waals surface area (Å²) in [6.07, 6.45) is 2.23. The molecule has 0 N–H and O–H groups in total. The summed E-state index contributed by atoms with van der Waals surface area (Å²) in [5, 5.41) is 4.59. The van der Waals surface area contributed by atoms with E-state index < -0.39 is 0 Å². The van der Waals surface area contributed by atoms with E-state index in [0.29, 0.717) is 0 Å². The van der Waals surface area contributed by atoms with Gasteiger partial charge in [-0.15, -0.1) is 0 Å². The van der Waals surface area contributed by atoms with Gasteiger partial charge in [0.1, 0.15) is 11.5 Å². The number of hydrogen-bond acceptors (Lipinski definition) is 1. The van der Waals surface area contributed by atoms with E-state index in [1.54, 1.807) is 0 Å². The molecule has 0 saturated carbocycles. The zero-order valence-electron chi connectivity index (χ0n) is 10.8. The smallest absolute Gasteiger partial charge is 0.652 e. The molecule has 0 aliphatic carbocycles. The normalized spacial score (nSPS) is 11.4. The summed E-state index contributed by atoms with van der Waals surface area (Å²) in [5.41, 5.74) is 3.13. The number of fused-ring (bicyclic) bond motifs is 2. The molecular formula is C15H14NNaO. The van der Waals surface area contributed by atoms with Gasteiger partial charge in [0.2, 0.25) is 0 Å². The fourth-order valence-electron chi connectivity index (χ4n) is 2.06. The number of benzene rings is 2. The maximum atomic E-state index is 5.87. The van der Waals surface area contributed by atoms with Gasteiger partial charge in [0.15, 0.2) is 0 Å². The van der Waals surface area contributed by atoms with Crippen LogP contribution in [0.5, 0.6) is 11.5 Å². The maximum Gasteiger partial charge on any atom is 1.00 e. The first-order valence-corrected chi connectivity index (χ1v) is 5.98. The maximum absolute atomic E-state index is 5.87. The quantitative estimate of drug-likeness (QED) is 0.636. The van der Waals surface area contributed by atoms with Gasteiger partial charge in [0.25, 0.3) is 0 Å². The van der Waals surface area contributed by atoms with Crippen LogP contribution in [0, 0.1) is 0 Å². The van der Waals surface area contributed by atoms with Crippen LogP contribution in [0.25, 0.3) is 5.32 Å². The zero-order chi connectivity index (χ0) is 11.7. The summed E-state index contributed by atoms with van der Waals surface area (Å²) in [6.45, 7) is 2.18. The monoisotopic (exact) mass is 247 g/mol. The Labute approximate surface area is 130 Å². The van der Waals surface area contributed by atoms with E-state index in [2.05, 4.69) is 24.4 Å². The van der Waals surface area contributed by atoms with Crippen molar-refractivity contribution in [1.82, 2.24) is 0 Å². The van der Waals surface area contributed by atoms with Gasteiger partial charge in [-0.1, -0.05) is 55.1 Å². The van der Waals surface area contributed by atoms with Crippen molar-refractivity contribution >= 4 is 11.4 Å². The third-order valence-corrected chi connectivity index (χ3v) is 2.89.